The topological polar surface area (TPSA) is 243 Å². The summed E-state index contributed by atoms with van der Waals surface area (Å²) in [4.78, 5) is 0. The van der Waals surface area contributed by atoms with Crippen LogP contribution in [0.15, 0.2) is 215 Å². The minimum atomic E-state index is -2.72. The van der Waals surface area contributed by atoms with Crippen LogP contribution in [0.5, 0.6) is 69.0 Å². The molecule has 12 nitrogen and oxygen atoms in total. The van der Waals surface area contributed by atoms with E-state index in [1.165, 1.54) is 24.3 Å². The lowest BCUT2D eigenvalue weighted by molar-refractivity contribution is 0.405. The van der Waals surface area contributed by atoms with Gasteiger partial charge in [0.1, 0.15) is 69.0 Å². The van der Waals surface area contributed by atoms with Crippen molar-refractivity contribution in [3.63, 3.8) is 0 Å². The summed E-state index contributed by atoms with van der Waals surface area (Å²) in [7, 11) is 0. The average molecular weight is 1920 g/mol. The zero-order valence-electron chi connectivity index (χ0n) is 114. The van der Waals surface area contributed by atoms with Gasteiger partial charge < -0.3 is 61.3 Å². The second-order valence-corrected chi connectivity index (χ2v) is 39.3. The minimum absolute atomic E-state index is 0.00356. The van der Waals surface area contributed by atoms with Gasteiger partial charge in [-0.2, -0.15) is 0 Å². The molecule has 0 heterocycles. The van der Waals surface area contributed by atoms with Crippen molar-refractivity contribution in [3.8, 4) is 69.0 Å². The molecule has 6 aromatic rings. The van der Waals surface area contributed by atoms with Crippen LogP contribution in [0.3, 0.4) is 0 Å². The van der Waals surface area contributed by atoms with Crippen LogP contribution < -0.4 is 0 Å². The largest absolute Gasteiger partial charge is 0.507 e. The van der Waals surface area contributed by atoms with Crippen molar-refractivity contribution in [2.24, 2.45) is 35.5 Å². The maximum Gasteiger partial charge on any atom is 0.123 e. The Morgan fingerprint density at radius 3 is 0.565 bits per heavy atom. The molecule has 12 heteroatoms. The highest BCUT2D eigenvalue weighted by Gasteiger charge is 2.37. The Bertz CT molecular complexity index is 6380. The smallest absolute Gasteiger partial charge is 0.123 e. The molecule has 6 aliphatic carbocycles. The van der Waals surface area contributed by atoms with Crippen LogP contribution in [0, 0.1) is 35.5 Å². The Labute approximate surface area is 876 Å². The van der Waals surface area contributed by atoms with E-state index in [1.54, 1.807) is 79.7 Å². The molecule has 12 N–H and O–H groups in total. The fourth-order valence-electron chi connectivity index (χ4n) is 20.4. The molecule has 0 spiro atoms. The van der Waals surface area contributed by atoms with Crippen molar-refractivity contribution in [3.05, 3.63) is 282 Å². The number of aryl methyl sites for hydroxylation is 6. The first-order valence-corrected chi connectivity index (χ1v) is 50.6. The Morgan fingerprint density at radius 2 is 0.406 bits per heavy atom. The molecule has 12 atom stereocenters. The lowest BCUT2D eigenvalue weighted by Crippen LogP contribution is -2.17. The van der Waals surface area contributed by atoms with Crippen molar-refractivity contribution in [2.75, 3.05) is 0 Å². The van der Waals surface area contributed by atoms with E-state index in [2.05, 4.69) is 61.3 Å². The number of hydrogen-bond acceptors (Lipinski definition) is 12. The summed E-state index contributed by atoms with van der Waals surface area (Å²) in [6.45, 7) is 10.9. The van der Waals surface area contributed by atoms with E-state index in [4.69, 9.17) is 41.1 Å². The zero-order chi connectivity index (χ0) is 127. The predicted molar refractivity (Wildman–Crippen MR) is 582 cm³/mol. The molecule has 0 bridgehead atoms. The molecule has 12 unspecified atom stereocenters. The summed E-state index contributed by atoms with van der Waals surface area (Å²) in [5.41, 5.74) is 10.8. The number of allylic oxidation sites excluding steroid dienone is 18. The molecular weight excluding hydrogens is 1710 g/mol. The highest BCUT2D eigenvalue weighted by atomic mass is 16.3. The molecule has 0 saturated carbocycles. The normalized spacial score (nSPS) is 24.9. The predicted octanol–water partition coefficient (Wildman–Crippen LogP) is 35.1. The van der Waals surface area contributed by atoms with Gasteiger partial charge in [-0.3, -0.25) is 0 Å². The first-order chi connectivity index (χ1) is 78.0. The maximum atomic E-state index is 10.7. The molecule has 0 saturated heterocycles. The van der Waals surface area contributed by atoms with Crippen molar-refractivity contribution in [1.29, 1.82) is 0 Å². The molecule has 0 aromatic heterocycles. The van der Waals surface area contributed by atoms with Gasteiger partial charge >= 0.3 is 0 Å². The quantitative estimate of drug-likeness (QED) is 0.0130. The highest BCUT2D eigenvalue weighted by molar-refractivity contribution is 5.58. The molecule has 756 valence electrons. The fourth-order valence-corrected chi connectivity index (χ4v) is 20.4. The second kappa shape index (κ2) is 56.9. The van der Waals surface area contributed by atoms with Crippen molar-refractivity contribution < 1.29 is 102 Å². The third-order valence-electron chi connectivity index (χ3n) is 28.1. The molecule has 12 rings (SSSR count). The number of rotatable bonds is 36. The number of phenols is 12. The van der Waals surface area contributed by atoms with Gasteiger partial charge in [-0.1, -0.05) is 261 Å². The van der Waals surface area contributed by atoms with Crippen LogP contribution in [0.2, 0.25) is 0 Å². The van der Waals surface area contributed by atoms with E-state index < -0.39 is 115 Å². The van der Waals surface area contributed by atoms with Gasteiger partial charge in [0.25, 0.3) is 0 Å². The Morgan fingerprint density at radius 1 is 0.246 bits per heavy atom. The fraction of sp³-hybridized carbons (Fsp3) is 0.524. The van der Waals surface area contributed by atoms with E-state index in [9.17, 15) is 61.3 Å². The van der Waals surface area contributed by atoms with Crippen LogP contribution >= 0.6 is 0 Å². The van der Waals surface area contributed by atoms with Crippen molar-refractivity contribution >= 4 is 0 Å². The van der Waals surface area contributed by atoms with Gasteiger partial charge in [0, 0.05) is 102 Å². The molecule has 0 radical (unpaired) electrons. The zero-order valence-corrected chi connectivity index (χ0v) is 83.8. The van der Waals surface area contributed by atoms with Gasteiger partial charge in [0.15, 0.2) is 0 Å². The molecule has 6 aromatic carbocycles. The lowest BCUT2D eigenvalue weighted by atomic mass is 9.73. The number of phenolic OH excluding ortho intramolecular Hbond substituents is 12. The number of benzene rings is 6. The Balaban J connectivity index is 0.000000271. The molecule has 0 amide bonds. The first kappa shape index (κ1) is 76.6. The first-order valence-electron chi connectivity index (χ1n) is 65.6. The molecule has 0 fully saturated rings. The van der Waals surface area contributed by atoms with Gasteiger partial charge in [-0.15, -0.1) is 0 Å². The van der Waals surface area contributed by atoms with Gasteiger partial charge in [-0.05, 0) is 378 Å². The third-order valence-corrected chi connectivity index (χ3v) is 28.1. The Kier molecular flexibility index (Phi) is 31.6. The summed E-state index contributed by atoms with van der Waals surface area (Å²) in [5, 5.41) is 128. The maximum absolute atomic E-state index is 10.7. The second-order valence-electron chi connectivity index (χ2n) is 39.3. The Hall–Kier alpha value is -10.2. The molecule has 6 aliphatic rings. The molecular formula is C126H180O12. The van der Waals surface area contributed by atoms with Gasteiger partial charge in [0.05, 0.1) is 8.22 Å². The van der Waals surface area contributed by atoms with E-state index in [1.807, 2.05) is 32.9 Å². The SMILES string of the molecule is [2H]C([2H])([2H])C(=C)C1CCC(C([2H])([2H])[2H])=CC1c1c(O)cc(CCCCC)cc1O.[2H]C([2H])([2H])C(=C)C1CCC(C)=CC1c1c(O)cc(CCCCC)cc1O.[2H]C([2H])([2H])C1=CC(c2c(O)cc(CCCCC)cc2O)C(C(=C)C)CC1.[2H]C([2H])=C(C)C1CCC(C([2H])([2H])[2H])=CC1c1c(O)cc(CCCCC)cc1O.[2H]C([2H])=C(C1CCC(C([2H])([2H])[2H])=CC1c1c(O)cc(CCCCC)cc1O)C([2H])([2H])[2H].[2H]C([2H])=C(C1CCC(C)=CC1c1c(O)cc(CCCCC)cc1O)C([2H])([2H])[2H]. The summed E-state index contributed by atoms with van der Waals surface area (Å²) >= 11 is 0. The number of hydrogen-bond donors (Lipinski definition) is 12. The van der Waals surface area contributed by atoms with Crippen LogP contribution in [-0.4, -0.2) is 61.3 Å². The average Bonchev–Trinajstić information content (AvgIpc) is 0.762. The minimum Gasteiger partial charge on any atom is -0.507 e. The van der Waals surface area contributed by atoms with Gasteiger partial charge in [-0.25, -0.2) is 0 Å². The van der Waals surface area contributed by atoms with Crippen molar-refractivity contribution in [2.45, 2.75) is 391 Å². The van der Waals surface area contributed by atoms with E-state index >= 15 is 0 Å². The monoisotopic (exact) mass is 1920 g/mol. The van der Waals surface area contributed by atoms with E-state index in [-0.39, 0.29) is 181 Å². The number of unbranched alkanes of at least 4 members (excludes halogenated alkanes) is 12. The van der Waals surface area contributed by atoms with Crippen LogP contribution in [0.1, 0.15) is 460 Å². The summed E-state index contributed by atoms with van der Waals surface area (Å²) < 4.78 is 232. The number of aromatic hydroxyl groups is 12. The highest BCUT2D eigenvalue weighted by Crippen LogP contribution is 2.54. The van der Waals surface area contributed by atoms with E-state index in [0.29, 0.717) is 85.6 Å². The van der Waals surface area contributed by atoms with Crippen LogP contribution in [0.4, 0.5) is 0 Å². The summed E-state index contributed by atoms with van der Waals surface area (Å²) in [5.74, 6) is -7.31. The lowest BCUT2D eigenvalue weighted by Gasteiger charge is -2.31. The molecule has 0 aliphatic heterocycles. The standard InChI is InChI=1S/6C21H30O2/c6*1-5-6-7-8-16-12-19(22)21(20(23)13-16)18-11-15(4)9-10-17(18)14(2)3/h6*11-13,17-18,22-23H,2,5-10H2,1,3-4H3/i2D2,3D3,4D3;3D3,4D3;2D2,4D3;2D2,3D3;4D3;3D3. The van der Waals surface area contributed by atoms with Crippen LogP contribution in [-0.2, 0) is 38.5 Å². The molecule has 138 heavy (non-hydrogen) atoms. The van der Waals surface area contributed by atoms with E-state index in [0.717, 1.165) is 198 Å². The summed E-state index contributed by atoms with van der Waals surface area (Å²) in [6.07, 6.45) is 38.3. The third kappa shape index (κ3) is 33.5. The van der Waals surface area contributed by atoms with Crippen molar-refractivity contribution in [1.82, 2.24) is 0 Å². The van der Waals surface area contributed by atoms with Gasteiger partial charge in [0.2, 0.25) is 0 Å². The van der Waals surface area contributed by atoms with Crippen LogP contribution in [0.25, 0.3) is 0 Å². The summed E-state index contributed by atoms with van der Waals surface area (Å²) in [6, 6.07) is 19.6.